The lowest BCUT2D eigenvalue weighted by Crippen LogP contribution is -2.13. The summed E-state index contributed by atoms with van der Waals surface area (Å²) in [5, 5.41) is 3.18. The minimum atomic E-state index is -0.447. The summed E-state index contributed by atoms with van der Waals surface area (Å²) >= 11 is 5.81. The predicted octanol–water partition coefficient (Wildman–Crippen LogP) is 4.38. The van der Waals surface area contributed by atoms with Crippen LogP contribution < -0.4 is 15.8 Å². The van der Waals surface area contributed by atoms with Crippen molar-refractivity contribution in [3.05, 3.63) is 71.0 Å². The van der Waals surface area contributed by atoms with Gasteiger partial charge in [-0.1, -0.05) is 11.6 Å². The van der Waals surface area contributed by atoms with E-state index in [1.165, 1.54) is 25.3 Å². The van der Waals surface area contributed by atoms with Crippen LogP contribution in [0, 0.1) is 5.82 Å². The minimum absolute atomic E-state index is 0.0889. The van der Waals surface area contributed by atoms with Crippen LogP contribution in [0.1, 0.15) is 10.4 Å². The van der Waals surface area contributed by atoms with Crippen molar-refractivity contribution >= 4 is 29.1 Å². The SMILES string of the molecule is COc1ccc(F)c(-c2ccc(NC(=O)c3ccc(Cl)cc3)nc2N)c1. The number of ether oxygens (including phenoxy) is 1. The van der Waals surface area contributed by atoms with Gasteiger partial charge >= 0.3 is 0 Å². The maximum absolute atomic E-state index is 14.1. The van der Waals surface area contributed by atoms with Crippen molar-refractivity contribution < 1.29 is 13.9 Å². The smallest absolute Gasteiger partial charge is 0.256 e. The molecule has 0 aliphatic heterocycles. The Labute approximate surface area is 154 Å². The number of nitrogens with one attached hydrogen (secondary N) is 1. The average Bonchev–Trinajstić information content (AvgIpc) is 2.63. The number of carbonyl (C=O) groups is 1. The molecule has 3 aromatic rings. The zero-order valence-electron chi connectivity index (χ0n) is 13.8. The van der Waals surface area contributed by atoms with Gasteiger partial charge in [-0.15, -0.1) is 0 Å². The molecule has 3 N–H and O–H groups in total. The standard InChI is InChI=1S/C19H15ClFN3O2/c1-26-13-6-8-16(21)15(10-13)14-7-9-17(23-18(14)22)24-19(25)11-2-4-12(20)5-3-11/h2-10H,1H3,(H3,22,23,24,25). The highest BCUT2D eigenvalue weighted by molar-refractivity contribution is 6.30. The first-order valence-corrected chi connectivity index (χ1v) is 8.03. The lowest BCUT2D eigenvalue weighted by Gasteiger charge is -2.11. The van der Waals surface area contributed by atoms with E-state index in [1.54, 1.807) is 36.4 Å². The van der Waals surface area contributed by atoms with Crippen LogP contribution in [-0.4, -0.2) is 18.0 Å². The number of pyridine rings is 1. The first kappa shape index (κ1) is 17.7. The first-order chi connectivity index (χ1) is 12.5. The molecule has 1 heterocycles. The molecule has 132 valence electrons. The Hall–Kier alpha value is -3.12. The van der Waals surface area contributed by atoms with Gasteiger partial charge < -0.3 is 15.8 Å². The molecular weight excluding hydrogens is 357 g/mol. The molecule has 0 fully saturated rings. The van der Waals surface area contributed by atoms with Crippen LogP contribution in [0.5, 0.6) is 5.75 Å². The van der Waals surface area contributed by atoms with Crippen LogP contribution in [0.3, 0.4) is 0 Å². The number of benzene rings is 2. The van der Waals surface area contributed by atoms with Crippen molar-refractivity contribution in [2.24, 2.45) is 0 Å². The topological polar surface area (TPSA) is 77.2 Å². The molecule has 0 aliphatic rings. The first-order valence-electron chi connectivity index (χ1n) is 7.65. The van der Waals surface area contributed by atoms with Crippen molar-refractivity contribution in [2.45, 2.75) is 0 Å². The molecule has 0 spiro atoms. The number of nitrogens with two attached hydrogens (primary N) is 1. The number of rotatable bonds is 4. The lowest BCUT2D eigenvalue weighted by atomic mass is 10.1. The Balaban J connectivity index is 1.86. The van der Waals surface area contributed by atoms with Gasteiger partial charge in [-0.2, -0.15) is 0 Å². The quantitative estimate of drug-likeness (QED) is 0.713. The second-order valence-corrected chi connectivity index (χ2v) is 5.87. The van der Waals surface area contributed by atoms with E-state index < -0.39 is 5.82 Å². The van der Waals surface area contributed by atoms with E-state index in [9.17, 15) is 9.18 Å². The third kappa shape index (κ3) is 3.75. The Kier molecular flexibility index (Phi) is 5.04. The number of carbonyl (C=O) groups excluding carboxylic acids is 1. The van der Waals surface area contributed by atoms with Gasteiger partial charge in [0.15, 0.2) is 0 Å². The highest BCUT2D eigenvalue weighted by Gasteiger charge is 2.13. The molecule has 0 radical (unpaired) electrons. The molecule has 0 atom stereocenters. The molecule has 1 aromatic heterocycles. The largest absolute Gasteiger partial charge is 0.497 e. The molecule has 7 heteroatoms. The third-order valence-electron chi connectivity index (χ3n) is 3.74. The maximum Gasteiger partial charge on any atom is 0.256 e. The Bertz CT molecular complexity index is 961. The number of halogens is 2. The Morgan fingerprint density at radius 3 is 2.50 bits per heavy atom. The predicted molar refractivity (Wildman–Crippen MR) is 100 cm³/mol. The molecule has 5 nitrogen and oxygen atoms in total. The average molecular weight is 372 g/mol. The minimum Gasteiger partial charge on any atom is -0.497 e. The molecule has 0 unspecified atom stereocenters. The van der Waals surface area contributed by atoms with Gasteiger partial charge in [0.1, 0.15) is 23.2 Å². The number of anilines is 2. The van der Waals surface area contributed by atoms with Gasteiger partial charge in [-0.25, -0.2) is 9.37 Å². The summed E-state index contributed by atoms with van der Waals surface area (Å²) in [6.07, 6.45) is 0. The van der Waals surface area contributed by atoms with E-state index in [0.29, 0.717) is 21.9 Å². The van der Waals surface area contributed by atoms with Crippen LogP contribution in [0.4, 0.5) is 16.0 Å². The van der Waals surface area contributed by atoms with Crippen LogP contribution in [0.2, 0.25) is 5.02 Å². The fourth-order valence-electron chi connectivity index (χ4n) is 2.40. The third-order valence-corrected chi connectivity index (χ3v) is 3.99. The Morgan fingerprint density at radius 2 is 1.85 bits per heavy atom. The van der Waals surface area contributed by atoms with Gasteiger partial charge in [0.2, 0.25) is 0 Å². The van der Waals surface area contributed by atoms with Crippen LogP contribution in [0.25, 0.3) is 11.1 Å². The second kappa shape index (κ2) is 7.41. The molecule has 1 amide bonds. The molecule has 26 heavy (non-hydrogen) atoms. The van der Waals surface area contributed by atoms with Crippen molar-refractivity contribution in [3.8, 4) is 16.9 Å². The van der Waals surface area contributed by atoms with E-state index >= 15 is 0 Å². The van der Waals surface area contributed by atoms with Crippen LogP contribution in [-0.2, 0) is 0 Å². The molecule has 0 saturated heterocycles. The molecule has 3 rings (SSSR count). The van der Waals surface area contributed by atoms with E-state index in [2.05, 4.69) is 10.3 Å². The van der Waals surface area contributed by atoms with Gasteiger partial charge in [0, 0.05) is 21.7 Å². The molecule has 0 aliphatic carbocycles. The van der Waals surface area contributed by atoms with Crippen molar-refractivity contribution in [1.82, 2.24) is 4.98 Å². The van der Waals surface area contributed by atoms with E-state index in [-0.39, 0.29) is 23.1 Å². The summed E-state index contributed by atoms with van der Waals surface area (Å²) < 4.78 is 19.2. The lowest BCUT2D eigenvalue weighted by molar-refractivity contribution is 0.102. The summed E-state index contributed by atoms with van der Waals surface area (Å²) in [5.74, 6) is 0.0487. The second-order valence-electron chi connectivity index (χ2n) is 5.44. The highest BCUT2D eigenvalue weighted by atomic mass is 35.5. The summed E-state index contributed by atoms with van der Waals surface area (Å²) in [4.78, 5) is 16.4. The summed E-state index contributed by atoms with van der Waals surface area (Å²) in [6.45, 7) is 0. The van der Waals surface area contributed by atoms with Gasteiger partial charge in [-0.05, 0) is 54.6 Å². The number of nitrogens with zero attached hydrogens (tertiary/aromatic N) is 1. The summed E-state index contributed by atoms with van der Waals surface area (Å²) in [5.41, 5.74) is 7.07. The molecular formula is C19H15ClFN3O2. The molecule has 0 bridgehead atoms. The normalized spacial score (nSPS) is 10.4. The maximum atomic E-state index is 14.1. The van der Waals surface area contributed by atoms with Crippen LogP contribution >= 0.6 is 11.6 Å². The van der Waals surface area contributed by atoms with Crippen molar-refractivity contribution in [1.29, 1.82) is 0 Å². The number of methoxy groups -OCH3 is 1. The van der Waals surface area contributed by atoms with E-state index in [0.717, 1.165) is 0 Å². The number of hydrogen-bond donors (Lipinski definition) is 2. The summed E-state index contributed by atoms with van der Waals surface area (Å²) in [7, 11) is 1.49. The fraction of sp³-hybridized carbons (Fsp3) is 0.0526. The Morgan fingerprint density at radius 1 is 1.12 bits per heavy atom. The van der Waals surface area contributed by atoms with Gasteiger partial charge in [-0.3, -0.25) is 4.79 Å². The zero-order valence-corrected chi connectivity index (χ0v) is 14.5. The zero-order chi connectivity index (χ0) is 18.7. The number of aromatic nitrogens is 1. The number of amides is 1. The van der Waals surface area contributed by atoms with E-state index in [4.69, 9.17) is 22.1 Å². The molecule has 0 saturated carbocycles. The van der Waals surface area contributed by atoms with Crippen LogP contribution in [0.15, 0.2) is 54.6 Å². The summed E-state index contributed by atoms with van der Waals surface area (Å²) in [6, 6.07) is 13.9. The number of nitrogen functional groups attached to an aromatic ring is 1. The van der Waals surface area contributed by atoms with Gasteiger partial charge in [0.05, 0.1) is 7.11 Å². The van der Waals surface area contributed by atoms with E-state index in [1.807, 2.05) is 0 Å². The van der Waals surface area contributed by atoms with Crippen molar-refractivity contribution in [3.63, 3.8) is 0 Å². The van der Waals surface area contributed by atoms with Gasteiger partial charge in [0.25, 0.3) is 5.91 Å². The fourth-order valence-corrected chi connectivity index (χ4v) is 2.53. The number of hydrogen-bond acceptors (Lipinski definition) is 4. The molecule has 2 aromatic carbocycles. The van der Waals surface area contributed by atoms with Crippen molar-refractivity contribution in [2.75, 3.05) is 18.2 Å². The monoisotopic (exact) mass is 371 g/mol. The highest BCUT2D eigenvalue weighted by Crippen LogP contribution is 2.31.